The van der Waals surface area contributed by atoms with Crippen molar-refractivity contribution < 1.29 is 23.7 Å². The topological polar surface area (TPSA) is 126 Å². The molecule has 4 heterocycles. The molecular formula is C21H18ClN5O5. The number of aromatic nitrogens is 2. The summed E-state index contributed by atoms with van der Waals surface area (Å²) in [4.78, 5) is 57.0. The van der Waals surface area contributed by atoms with Crippen LogP contribution in [0.2, 0.25) is 5.02 Å². The number of benzene rings is 1. The zero-order valence-corrected chi connectivity index (χ0v) is 17.6. The molecule has 1 saturated heterocycles. The van der Waals surface area contributed by atoms with Crippen molar-refractivity contribution in [2.24, 2.45) is 0 Å². The highest BCUT2D eigenvalue weighted by Gasteiger charge is 2.48. The Kier molecular flexibility index (Phi) is 5.01. The molecule has 32 heavy (non-hydrogen) atoms. The van der Waals surface area contributed by atoms with E-state index in [0.717, 1.165) is 4.90 Å². The molecule has 164 valence electrons. The van der Waals surface area contributed by atoms with Gasteiger partial charge >= 0.3 is 0 Å². The standard InChI is InChI=1S/C21H18ClN5O5/c22-12-4-1-3-11(9-12)18-24-16(32-25-18)10-26-8-2-5-13-17(26)21(31)27(20(13)30)14-6-7-15(28)23-19(14)29/h1,3-4,9,14H,2,5-8,10H2,(H,23,28,29). The second-order valence-corrected chi connectivity index (χ2v) is 8.26. The average molecular weight is 456 g/mol. The van der Waals surface area contributed by atoms with Crippen LogP contribution < -0.4 is 5.32 Å². The van der Waals surface area contributed by atoms with Crippen LogP contribution in [0.1, 0.15) is 31.6 Å². The van der Waals surface area contributed by atoms with Gasteiger partial charge in [-0.1, -0.05) is 28.9 Å². The summed E-state index contributed by atoms with van der Waals surface area (Å²) in [6, 6.07) is 6.05. The van der Waals surface area contributed by atoms with Crippen molar-refractivity contribution in [3.63, 3.8) is 0 Å². The van der Waals surface area contributed by atoms with Crippen LogP contribution in [0.5, 0.6) is 0 Å². The van der Waals surface area contributed by atoms with E-state index in [1.165, 1.54) is 0 Å². The van der Waals surface area contributed by atoms with Gasteiger partial charge in [0.1, 0.15) is 11.7 Å². The molecule has 0 bridgehead atoms. The van der Waals surface area contributed by atoms with Crippen LogP contribution in [-0.4, -0.2) is 56.2 Å². The Labute approximate surface area is 187 Å². The third-order valence-electron chi connectivity index (χ3n) is 5.75. The van der Waals surface area contributed by atoms with Crippen LogP contribution in [0.4, 0.5) is 0 Å². The van der Waals surface area contributed by atoms with Crippen molar-refractivity contribution in [3.05, 3.63) is 46.4 Å². The van der Waals surface area contributed by atoms with Crippen molar-refractivity contribution in [2.75, 3.05) is 6.54 Å². The van der Waals surface area contributed by atoms with Crippen molar-refractivity contribution in [1.29, 1.82) is 0 Å². The summed E-state index contributed by atoms with van der Waals surface area (Å²) in [6.45, 7) is 0.671. The van der Waals surface area contributed by atoms with Gasteiger partial charge in [-0.3, -0.25) is 29.4 Å². The number of hydrogen-bond acceptors (Lipinski definition) is 8. The van der Waals surface area contributed by atoms with Gasteiger partial charge in [0.05, 0.1) is 6.54 Å². The van der Waals surface area contributed by atoms with Gasteiger partial charge < -0.3 is 9.42 Å². The van der Waals surface area contributed by atoms with E-state index >= 15 is 0 Å². The molecule has 10 nitrogen and oxygen atoms in total. The molecule has 0 radical (unpaired) electrons. The smallest absolute Gasteiger partial charge is 0.278 e. The highest BCUT2D eigenvalue weighted by atomic mass is 35.5. The molecule has 1 aromatic carbocycles. The van der Waals surface area contributed by atoms with Crippen LogP contribution in [0, 0.1) is 0 Å². The first-order valence-electron chi connectivity index (χ1n) is 10.2. The molecule has 2 aromatic rings. The Morgan fingerprint density at radius 1 is 1.16 bits per heavy atom. The Bertz CT molecular complexity index is 1190. The van der Waals surface area contributed by atoms with E-state index in [1.807, 2.05) is 0 Å². The van der Waals surface area contributed by atoms with Crippen LogP contribution in [0.3, 0.4) is 0 Å². The number of nitrogens with zero attached hydrogens (tertiary/aromatic N) is 4. The predicted molar refractivity (Wildman–Crippen MR) is 109 cm³/mol. The molecule has 5 rings (SSSR count). The highest BCUT2D eigenvalue weighted by Crippen LogP contribution is 2.34. The van der Waals surface area contributed by atoms with Crippen molar-refractivity contribution in [1.82, 2.24) is 25.3 Å². The molecule has 0 spiro atoms. The maximum absolute atomic E-state index is 13.2. The lowest BCUT2D eigenvalue weighted by molar-refractivity contribution is -0.150. The summed E-state index contributed by atoms with van der Waals surface area (Å²) < 4.78 is 5.36. The van der Waals surface area contributed by atoms with Gasteiger partial charge in [0, 0.05) is 29.1 Å². The summed E-state index contributed by atoms with van der Waals surface area (Å²) in [5.41, 5.74) is 1.33. The van der Waals surface area contributed by atoms with Gasteiger partial charge in [0.15, 0.2) is 0 Å². The maximum Gasteiger partial charge on any atom is 0.278 e. The maximum atomic E-state index is 13.2. The molecule has 1 aromatic heterocycles. The van der Waals surface area contributed by atoms with E-state index in [-0.39, 0.29) is 31.0 Å². The van der Waals surface area contributed by atoms with Gasteiger partial charge in [-0.25, -0.2) is 0 Å². The molecular weight excluding hydrogens is 438 g/mol. The van der Waals surface area contributed by atoms with Crippen LogP contribution >= 0.6 is 11.6 Å². The molecule has 1 unspecified atom stereocenters. The first-order valence-corrected chi connectivity index (χ1v) is 10.6. The molecule has 3 aliphatic heterocycles. The number of halogens is 1. The second kappa shape index (κ2) is 7.86. The number of piperidine rings is 1. The first kappa shape index (κ1) is 20.4. The summed E-state index contributed by atoms with van der Waals surface area (Å²) in [5.74, 6) is -1.39. The van der Waals surface area contributed by atoms with Gasteiger partial charge in [-0.05, 0) is 31.4 Å². The molecule has 11 heteroatoms. The fraction of sp³-hybridized carbons (Fsp3) is 0.333. The number of amides is 4. The number of nitrogens with one attached hydrogen (secondary N) is 1. The van der Waals surface area contributed by atoms with Gasteiger partial charge in [-0.15, -0.1) is 0 Å². The molecule has 4 amide bonds. The van der Waals surface area contributed by atoms with Gasteiger partial charge in [0.25, 0.3) is 11.8 Å². The number of hydrogen-bond donors (Lipinski definition) is 1. The quantitative estimate of drug-likeness (QED) is 0.686. The zero-order valence-electron chi connectivity index (χ0n) is 16.8. The van der Waals surface area contributed by atoms with E-state index in [1.54, 1.807) is 29.2 Å². The second-order valence-electron chi connectivity index (χ2n) is 7.82. The Morgan fingerprint density at radius 3 is 2.78 bits per heavy atom. The van der Waals surface area contributed by atoms with E-state index in [0.29, 0.717) is 41.4 Å². The number of carbonyl (C=O) groups is 4. The molecule has 0 aliphatic carbocycles. The summed E-state index contributed by atoms with van der Waals surface area (Å²) in [6.07, 6.45) is 1.31. The van der Waals surface area contributed by atoms with Crippen molar-refractivity contribution in [2.45, 2.75) is 38.3 Å². The predicted octanol–water partition coefficient (Wildman–Crippen LogP) is 1.41. The average Bonchev–Trinajstić information content (AvgIpc) is 3.32. The minimum absolute atomic E-state index is 0.0795. The fourth-order valence-corrected chi connectivity index (χ4v) is 4.48. The van der Waals surface area contributed by atoms with E-state index in [9.17, 15) is 19.2 Å². The molecule has 1 fully saturated rings. The lowest BCUT2D eigenvalue weighted by Gasteiger charge is -2.29. The van der Waals surface area contributed by atoms with Crippen LogP contribution in [0.25, 0.3) is 11.4 Å². The van der Waals surface area contributed by atoms with Gasteiger partial charge in [-0.2, -0.15) is 4.98 Å². The van der Waals surface area contributed by atoms with Crippen LogP contribution in [0.15, 0.2) is 40.1 Å². The summed E-state index contributed by atoms with van der Waals surface area (Å²) in [7, 11) is 0. The molecule has 1 atom stereocenters. The van der Waals surface area contributed by atoms with Crippen molar-refractivity contribution in [3.8, 4) is 11.4 Å². The summed E-state index contributed by atoms with van der Waals surface area (Å²) >= 11 is 6.02. The fourth-order valence-electron chi connectivity index (χ4n) is 4.29. The Morgan fingerprint density at radius 2 is 2.00 bits per heavy atom. The van der Waals surface area contributed by atoms with Crippen LogP contribution in [-0.2, 0) is 25.7 Å². The lowest BCUT2D eigenvalue weighted by Crippen LogP contribution is -2.55. The monoisotopic (exact) mass is 455 g/mol. The van der Waals surface area contributed by atoms with E-state index in [2.05, 4.69) is 15.5 Å². The summed E-state index contributed by atoms with van der Waals surface area (Å²) in [5, 5.41) is 6.73. The lowest BCUT2D eigenvalue weighted by atomic mass is 10.0. The highest BCUT2D eigenvalue weighted by molar-refractivity contribution is 6.30. The largest absolute Gasteiger partial charge is 0.357 e. The minimum Gasteiger partial charge on any atom is -0.357 e. The number of imide groups is 2. The Hall–Kier alpha value is -3.53. The number of carbonyl (C=O) groups excluding carboxylic acids is 4. The SMILES string of the molecule is O=C1CCC(N2C(=O)C3=C(C2=O)N(Cc2nc(-c4cccc(Cl)c4)no2)CCC3)C(=O)N1. The molecule has 1 N–H and O–H groups in total. The van der Waals surface area contributed by atoms with Gasteiger partial charge in [0.2, 0.25) is 23.5 Å². The third kappa shape index (κ3) is 3.46. The van der Waals surface area contributed by atoms with Crippen molar-refractivity contribution >= 4 is 35.2 Å². The van der Waals surface area contributed by atoms with E-state index in [4.69, 9.17) is 16.1 Å². The normalized spacial score (nSPS) is 21.3. The Balaban J connectivity index is 1.38. The first-order chi connectivity index (χ1) is 15.4. The molecule has 3 aliphatic rings. The van der Waals surface area contributed by atoms with E-state index < -0.39 is 29.7 Å². The molecule has 0 saturated carbocycles. The number of rotatable bonds is 4. The zero-order chi connectivity index (χ0) is 22.4. The minimum atomic E-state index is -0.988. The third-order valence-corrected chi connectivity index (χ3v) is 5.99.